The molecule has 2 amide bonds. The summed E-state index contributed by atoms with van der Waals surface area (Å²) in [4.78, 5) is 28.0. The Bertz CT molecular complexity index is 1360. The number of benzene rings is 2. The fourth-order valence-corrected chi connectivity index (χ4v) is 5.81. The Morgan fingerprint density at radius 2 is 1.65 bits per heavy atom. The Labute approximate surface area is 229 Å². The molecule has 1 saturated carbocycles. The number of amides is 2. The van der Waals surface area contributed by atoms with Gasteiger partial charge in [-0.2, -0.15) is 0 Å². The summed E-state index contributed by atoms with van der Waals surface area (Å²) in [5.74, 6) is -0.531. The van der Waals surface area contributed by atoms with Crippen LogP contribution in [0.3, 0.4) is 0 Å². The zero-order valence-electron chi connectivity index (χ0n) is 22.5. The van der Waals surface area contributed by atoms with E-state index in [1.165, 1.54) is 24.3 Å². The molecule has 40 heavy (non-hydrogen) atoms. The summed E-state index contributed by atoms with van der Waals surface area (Å²) in [5, 5.41) is 3.15. The van der Waals surface area contributed by atoms with Gasteiger partial charge in [0, 0.05) is 44.0 Å². The van der Waals surface area contributed by atoms with E-state index in [1.54, 1.807) is 17.0 Å². The van der Waals surface area contributed by atoms with Gasteiger partial charge in [0.1, 0.15) is 22.8 Å². The maximum Gasteiger partial charge on any atom is 0.586 e. The number of alkyl halides is 2. The molecule has 1 atom stereocenters. The molecule has 3 heterocycles. The van der Waals surface area contributed by atoms with Crippen LogP contribution in [0.15, 0.2) is 36.4 Å². The predicted octanol–water partition coefficient (Wildman–Crippen LogP) is 5.59. The number of nitrogens with one attached hydrogen (secondary N) is 1. The van der Waals surface area contributed by atoms with Crippen molar-refractivity contribution in [3.05, 3.63) is 53.3 Å². The van der Waals surface area contributed by atoms with Crippen LogP contribution < -0.4 is 19.5 Å². The minimum Gasteiger partial charge on any atom is -0.487 e. The van der Waals surface area contributed by atoms with Gasteiger partial charge in [0.05, 0.1) is 11.5 Å². The van der Waals surface area contributed by atoms with Crippen molar-refractivity contribution in [2.45, 2.75) is 81.8 Å². The van der Waals surface area contributed by atoms with Crippen LogP contribution >= 0.6 is 0 Å². The van der Waals surface area contributed by atoms with E-state index in [-0.39, 0.29) is 17.4 Å². The van der Waals surface area contributed by atoms with Crippen molar-refractivity contribution in [1.29, 1.82) is 0 Å². The second-order valence-electron chi connectivity index (χ2n) is 12.1. The Kier molecular flexibility index (Phi) is 5.94. The van der Waals surface area contributed by atoms with Gasteiger partial charge in [-0.15, -0.1) is 8.78 Å². The van der Waals surface area contributed by atoms with Crippen LogP contribution in [0.2, 0.25) is 0 Å². The summed E-state index contributed by atoms with van der Waals surface area (Å²) in [5.41, 5.74) is -0.981. The molecule has 0 aromatic heterocycles. The molecule has 3 aliphatic heterocycles. The third-order valence-electron chi connectivity index (χ3n) is 8.02. The van der Waals surface area contributed by atoms with Crippen molar-refractivity contribution in [1.82, 2.24) is 10.2 Å². The molecule has 214 valence electrons. The van der Waals surface area contributed by atoms with Gasteiger partial charge in [0.2, 0.25) is 5.91 Å². The number of hydrogen-bond acceptors (Lipinski definition) is 6. The molecule has 4 aliphatic rings. The fraction of sp³-hybridized carbons (Fsp3) is 0.517. The Balaban J connectivity index is 1.21. The molecule has 8 nitrogen and oxygen atoms in total. The molecule has 2 aromatic rings. The van der Waals surface area contributed by atoms with Crippen molar-refractivity contribution >= 4 is 12.0 Å². The summed E-state index contributed by atoms with van der Waals surface area (Å²) in [7, 11) is 0. The van der Waals surface area contributed by atoms with Gasteiger partial charge in [-0.25, -0.2) is 9.18 Å². The van der Waals surface area contributed by atoms with Crippen LogP contribution in [-0.2, 0) is 14.9 Å². The molecule has 2 fully saturated rings. The first-order valence-corrected chi connectivity index (χ1v) is 13.4. The van der Waals surface area contributed by atoms with Crippen LogP contribution in [0.5, 0.6) is 17.2 Å². The van der Waals surface area contributed by atoms with Crippen LogP contribution in [0, 0.1) is 5.82 Å². The average molecular weight is 561 g/mol. The molecule has 0 radical (unpaired) electrons. The Morgan fingerprint density at radius 1 is 0.950 bits per heavy atom. The van der Waals surface area contributed by atoms with Crippen molar-refractivity contribution in [2.75, 3.05) is 13.1 Å². The Morgan fingerprint density at radius 3 is 2.33 bits per heavy atom. The first kappa shape index (κ1) is 26.6. The summed E-state index contributed by atoms with van der Waals surface area (Å²) >= 11 is 0. The minimum absolute atomic E-state index is 0.0787. The normalized spacial score (nSPS) is 23.1. The van der Waals surface area contributed by atoms with E-state index < -0.39 is 40.9 Å². The predicted molar refractivity (Wildman–Crippen MR) is 136 cm³/mol. The molecule has 6 rings (SSSR count). The molecule has 1 unspecified atom stereocenters. The largest absolute Gasteiger partial charge is 0.586 e. The maximum absolute atomic E-state index is 14.2. The SMILES string of the molecule is CC(C)(C)OC(=O)N1CCC2(CC1)CC(NC(=O)C1(c3ccc4c(c3)OC(F)(F)O4)CC1)c1ccc(F)cc1O2. The lowest BCUT2D eigenvalue weighted by atomic mass is 9.80. The third-order valence-corrected chi connectivity index (χ3v) is 8.02. The first-order chi connectivity index (χ1) is 18.8. The van der Waals surface area contributed by atoms with E-state index in [9.17, 15) is 22.8 Å². The van der Waals surface area contributed by atoms with E-state index in [1.807, 2.05) is 20.8 Å². The van der Waals surface area contributed by atoms with Crippen molar-refractivity contribution in [2.24, 2.45) is 0 Å². The highest BCUT2D eigenvalue weighted by atomic mass is 19.3. The number of ether oxygens (including phenoxy) is 4. The molecule has 1 saturated heterocycles. The molecule has 1 spiro atoms. The molecule has 1 aliphatic carbocycles. The lowest BCUT2D eigenvalue weighted by Gasteiger charge is -2.47. The van der Waals surface area contributed by atoms with E-state index in [4.69, 9.17) is 9.47 Å². The highest BCUT2D eigenvalue weighted by molar-refractivity contribution is 5.92. The highest BCUT2D eigenvalue weighted by Gasteiger charge is 2.54. The number of likely N-dealkylation sites (tertiary alicyclic amines) is 1. The van der Waals surface area contributed by atoms with E-state index in [0.717, 1.165) is 0 Å². The van der Waals surface area contributed by atoms with Crippen molar-refractivity contribution < 1.29 is 41.7 Å². The number of rotatable bonds is 3. The number of piperidine rings is 1. The first-order valence-electron chi connectivity index (χ1n) is 13.4. The van der Waals surface area contributed by atoms with E-state index in [2.05, 4.69) is 14.8 Å². The third kappa shape index (κ3) is 4.90. The summed E-state index contributed by atoms with van der Waals surface area (Å²) in [6.45, 7) is 6.22. The molecule has 2 aromatic carbocycles. The molecule has 1 N–H and O–H groups in total. The van der Waals surface area contributed by atoms with Gasteiger partial charge in [-0.3, -0.25) is 4.79 Å². The average Bonchev–Trinajstić information content (AvgIpc) is 3.60. The highest BCUT2D eigenvalue weighted by Crippen LogP contribution is 2.53. The fourth-order valence-electron chi connectivity index (χ4n) is 5.81. The number of carbonyl (C=O) groups is 2. The summed E-state index contributed by atoms with van der Waals surface area (Å²) < 4.78 is 62.3. The van der Waals surface area contributed by atoms with Crippen LogP contribution in [0.25, 0.3) is 0 Å². The van der Waals surface area contributed by atoms with Gasteiger partial charge >= 0.3 is 12.4 Å². The number of nitrogens with zero attached hydrogens (tertiary/aromatic N) is 1. The number of halogens is 3. The minimum atomic E-state index is -3.74. The number of carbonyl (C=O) groups excluding carboxylic acids is 2. The van der Waals surface area contributed by atoms with Crippen LogP contribution in [0.4, 0.5) is 18.0 Å². The molecule has 0 bridgehead atoms. The standard InChI is InChI=1S/C29H31F3N2O6/c1-26(2,3)40-25(36)34-12-10-27(11-13-34)16-20(19-6-5-18(30)15-22(19)37-27)33-24(35)28(8-9-28)17-4-7-21-23(14-17)39-29(31,32)38-21/h4-7,14-15,20H,8-13,16H2,1-3H3,(H,33,35). The summed E-state index contributed by atoms with van der Waals surface area (Å²) in [6.07, 6.45) is -1.65. The van der Waals surface area contributed by atoms with Gasteiger partial charge in [-0.1, -0.05) is 12.1 Å². The smallest absolute Gasteiger partial charge is 0.487 e. The van der Waals surface area contributed by atoms with Gasteiger partial charge < -0.3 is 29.2 Å². The van der Waals surface area contributed by atoms with Gasteiger partial charge in [-0.05, 0) is 57.4 Å². The van der Waals surface area contributed by atoms with Crippen molar-refractivity contribution in [3.8, 4) is 17.2 Å². The second-order valence-corrected chi connectivity index (χ2v) is 12.1. The monoisotopic (exact) mass is 560 g/mol. The maximum atomic E-state index is 14.2. The molecular formula is C29H31F3N2O6. The van der Waals surface area contributed by atoms with E-state index >= 15 is 0 Å². The molecular weight excluding hydrogens is 529 g/mol. The zero-order valence-corrected chi connectivity index (χ0v) is 22.5. The number of fused-ring (bicyclic) bond motifs is 2. The summed E-state index contributed by atoms with van der Waals surface area (Å²) in [6, 6.07) is 8.22. The lowest BCUT2D eigenvalue weighted by Crippen LogP contribution is -2.54. The molecule has 11 heteroatoms. The zero-order chi connectivity index (χ0) is 28.5. The van der Waals surface area contributed by atoms with Crippen molar-refractivity contribution in [3.63, 3.8) is 0 Å². The van der Waals surface area contributed by atoms with Crippen LogP contribution in [-0.4, -0.2) is 47.5 Å². The van der Waals surface area contributed by atoms with E-state index in [0.29, 0.717) is 62.1 Å². The van der Waals surface area contributed by atoms with Crippen LogP contribution in [0.1, 0.15) is 70.0 Å². The van der Waals surface area contributed by atoms with Gasteiger partial charge in [0.15, 0.2) is 11.5 Å². The lowest BCUT2D eigenvalue weighted by molar-refractivity contribution is -0.286. The number of hydrogen-bond donors (Lipinski definition) is 1. The Hall–Kier alpha value is -3.63. The topological polar surface area (TPSA) is 86.3 Å². The second kappa shape index (κ2) is 8.94. The quantitative estimate of drug-likeness (QED) is 0.527. The van der Waals surface area contributed by atoms with Gasteiger partial charge in [0.25, 0.3) is 0 Å².